The van der Waals surface area contributed by atoms with Gasteiger partial charge >= 0.3 is 0 Å². The summed E-state index contributed by atoms with van der Waals surface area (Å²) in [5.74, 6) is 0.0286. The molecule has 2 saturated carbocycles. The lowest BCUT2D eigenvalue weighted by Crippen LogP contribution is -2.67. The summed E-state index contributed by atoms with van der Waals surface area (Å²) in [5, 5.41) is 2.69. The Morgan fingerprint density at radius 3 is 2.96 bits per heavy atom. The van der Waals surface area contributed by atoms with Crippen molar-refractivity contribution in [2.24, 2.45) is 5.41 Å². The zero-order valence-electron chi connectivity index (χ0n) is 13.9. The largest absolute Gasteiger partial charge is 0.466 e. The Kier molecular flexibility index (Phi) is 3.49. The van der Waals surface area contributed by atoms with Crippen LogP contribution >= 0.6 is 0 Å². The molecule has 3 aliphatic rings. The summed E-state index contributed by atoms with van der Waals surface area (Å²) in [4.78, 5) is 30.3. The van der Waals surface area contributed by atoms with Gasteiger partial charge in [-0.25, -0.2) is 4.98 Å². The molecule has 2 amide bonds. The van der Waals surface area contributed by atoms with E-state index in [4.69, 9.17) is 9.47 Å². The maximum Gasteiger partial charge on any atom is 0.262 e. The van der Waals surface area contributed by atoms with Crippen LogP contribution in [0.3, 0.4) is 0 Å². The van der Waals surface area contributed by atoms with Gasteiger partial charge in [0, 0.05) is 31.8 Å². The number of carbonyl (C=O) groups excluding carboxylic acids is 2. The standard InChI is InChI=1S/C17H21N3O4/c1-20(12-7-13(23-2)17(12)4-3-5-17)16(22)10-6-11-15(18-8-10)24-9-14(21)19-11/h6,8,12-13H,3-5,7,9H2,1-2H3,(H,19,21). The Bertz CT molecular complexity index is 701. The molecule has 24 heavy (non-hydrogen) atoms. The van der Waals surface area contributed by atoms with Gasteiger partial charge in [0.2, 0.25) is 5.88 Å². The lowest BCUT2D eigenvalue weighted by Gasteiger charge is -2.62. The van der Waals surface area contributed by atoms with Crippen molar-refractivity contribution in [1.29, 1.82) is 0 Å². The van der Waals surface area contributed by atoms with E-state index in [0.717, 1.165) is 19.3 Å². The number of hydrogen-bond donors (Lipinski definition) is 1. The number of methoxy groups -OCH3 is 1. The van der Waals surface area contributed by atoms with Crippen molar-refractivity contribution in [3.8, 4) is 5.88 Å². The molecule has 2 fully saturated rings. The number of nitrogens with one attached hydrogen (secondary N) is 1. The van der Waals surface area contributed by atoms with Crippen molar-refractivity contribution in [1.82, 2.24) is 9.88 Å². The number of ether oxygens (including phenoxy) is 2. The van der Waals surface area contributed by atoms with Crippen molar-refractivity contribution in [3.63, 3.8) is 0 Å². The van der Waals surface area contributed by atoms with Crippen molar-refractivity contribution in [3.05, 3.63) is 17.8 Å². The molecule has 1 aromatic heterocycles. The van der Waals surface area contributed by atoms with Gasteiger partial charge in [0.1, 0.15) is 5.69 Å². The molecule has 2 atom stereocenters. The highest BCUT2D eigenvalue weighted by Gasteiger charge is 2.60. The fraction of sp³-hybridized carbons (Fsp3) is 0.588. The Balaban J connectivity index is 1.54. The van der Waals surface area contributed by atoms with Crippen LogP contribution in [0.5, 0.6) is 5.88 Å². The first-order valence-corrected chi connectivity index (χ1v) is 8.28. The summed E-state index contributed by atoms with van der Waals surface area (Å²) in [6, 6.07) is 1.84. The molecule has 0 radical (unpaired) electrons. The topological polar surface area (TPSA) is 80.8 Å². The Hall–Kier alpha value is -2.15. The molecular weight excluding hydrogens is 310 g/mol. The number of hydrogen-bond acceptors (Lipinski definition) is 5. The maximum atomic E-state index is 12.9. The van der Waals surface area contributed by atoms with Gasteiger partial charge in [0.25, 0.3) is 11.8 Å². The van der Waals surface area contributed by atoms with Crippen molar-refractivity contribution >= 4 is 17.5 Å². The van der Waals surface area contributed by atoms with Crippen LogP contribution < -0.4 is 10.1 Å². The third kappa shape index (κ3) is 2.11. The number of anilines is 1. The van der Waals surface area contributed by atoms with E-state index < -0.39 is 0 Å². The first kappa shape index (κ1) is 15.4. The number of amides is 2. The van der Waals surface area contributed by atoms with Gasteiger partial charge in [0.05, 0.1) is 11.7 Å². The van der Waals surface area contributed by atoms with Crippen molar-refractivity contribution < 1.29 is 19.1 Å². The second-order valence-electron chi connectivity index (χ2n) is 6.89. The Morgan fingerprint density at radius 1 is 1.50 bits per heavy atom. The summed E-state index contributed by atoms with van der Waals surface area (Å²) in [5.41, 5.74) is 1.03. The molecule has 2 heterocycles. The number of carbonyl (C=O) groups is 2. The molecule has 1 spiro atoms. The summed E-state index contributed by atoms with van der Waals surface area (Å²) >= 11 is 0. The van der Waals surface area contributed by atoms with Crippen LogP contribution in [0.2, 0.25) is 0 Å². The van der Waals surface area contributed by atoms with E-state index in [1.54, 1.807) is 13.2 Å². The zero-order valence-corrected chi connectivity index (χ0v) is 13.9. The third-order valence-corrected chi connectivity index (χ3v) is 5.81. The fourth-order valence-electron chi connectivity index (χ4n) is 4.28. The van der Waals surface area contributed by atoms with Gasteiger partial charge in [0.15, 0.2) is 6.61 Å². The monoisotopic (exact) mass is 331 g/mol. The molecule has 0 saturated heterocycles. The average molecular weight is 331 g/mol. The second kappa shape index (κ2) is 5.44. The first-order chi connectivity index (χ1) is 11.5. The van der Waals surface area contributed by atoms with Crippen LogP contribution in [0.15, 0.2) is 12.3 Å². The SMILES string of the molecule is COC1CC(N(C)C(=O)c2cnc3c(c2)NC(=O)CO3)C12CCC2. The summed E-state index contributed by atoms with van der Waals surface area (Å²) in [6.07, 6.45) is 6.05. The van der Waals surface area contributed by atoms with Crippen LogP contribution in [0.25, 0.3) is 0 Å². The van der Waals surface area contributed by atoms with Crippen LogP contribution in [-0.4, -0.2) is 54.6 Å². The maximum absolute atomic E-state index is 12.9. The Morgan fingerprint density at radius 2 is 2.29 bits per heavy atom. The number of aromatic nitrogens is 1. The molecule has 2 unspecified atom stereocenters. The summed E-state index contributed by atoms with van der Waals surface area (Å²) < 4.78 is 10.8. The average Bonchev–Trinajstić information content (AvgIpc) is 2.51. The number of pyridine rings is 1. The van der Waals surface area contributed by atoms with Crippen molar-refractivity contribution in [2.45, 2.75) is 37.8 Å². The summed E-state index contributed by atoms with van der Waals surface area (Å²) in [7, 11) is 3.59. The normalized spacial score (nSPS) is 26.5. The van der Waals surface area contributed by atoms with Gasteiger partial charge in [-0.3, -0.25) is 9.59 Å². The lowest BCUT2D eigenvalue weighted by atomic mass is 9.50. The molecular formula is C17H21N3O4. The molecule has 1 aromatic rings. The smallest absolute Gasteiger partial charge is 0.262 e. The number of fused-ring (bicyclic) bond motifs is 1. The highest BCUT2D eigenvalue weighted by atomic mass is 16.5. The van der Waals surface area contributed by atoms with Crippen LogP contribution in [0.1, 0.15) is 36.0 Å². The lowest BCUT2D eigenvalue weighted by molar-refractivity contribution is -0.182. The summed E-state index contributed by atoms with van der Waals surface area (Å²) in [6.45, 7) is -0.0454. The van der Waals surface area contributed by atoms with E-state index in [9.17, 15) is 9.59 Å². The van der Waals surface area contributed by atoms with E-state index in [0.29, 0.717) is 17.1 Å². The van der Waals surface area contributed by atoms with Gasteiger partial charge in [-0.2, -0.15) is 0 Å². The Labute approximate surface area is 140 Å². The van der Waals surface area contributed by atoms with Crippen LogP contribution in [0, 0.1) is 5.41 Å². The third-order valence-electron chi connectivity index (χ3n) is 5.81. The first-order valence-electron chi connectivity index (χ1n) is 8.28. The molecule has 7 heteroatoms. The van der Waals surface area contributed by atoms with E-state index in [1.165, 1.54) is 12.6 Å². The highest BCUT2D eigenvalue weighted by Crippen LogP contribution is 2.58. The van der Waals surface area contributed by atoms with Gasteiger partial charge in [-0.05, 0) is 25.3 Å². The fourth-order valence-corrected chi connectivity index (χ4v) is 4.28. The molecule has 1 aliphatic heterocycles. The van der Waals surface area contributed by atoms with E-state index >= 15 is 0 Å². The van der Waals surface area contributed by atoms with Crippen molar-refractivity contribution in [2.75, 3.05) is 26.1 Å². The van der Waals surface area contributed by atoms with Gasteiger partial charge < -0.3 is 19.7 Å². The second-order valence-corrected chi connectivity index (χ2v) is 6.89. The molecule has 0 bridgehead atoms. The minimum Gasteiger partial charge on any atom is -0.466 e. The minimum atomic E-state index is -0.238. The van der Waals surface area contributed by atoms with Crippen LogP contribution in [0.4, 0.5) is 5.69 Å². The minimum absolute atomic E-state index is 0.0454. The zero-order chi connectivity index (χ0) is 16.9. The molecule has 4 rings (SSSR count). The quantitative estimate of drug-likeness (QED) is 0.906. The number of nitrogens with zero attached hydrogens (tertiary/aromatic N) is 2. The predicted octanol–water partition coefficient (Wildman–Crippen LogP) is 1.44. The van der Waals surface area contributed by atoms with Gasteiger partial charge in [-0.15, -0.1) is 0 Å². The molecule has 7 nitrogen and oxygen atoms in total. The molecule has 0 aromatic carbocycles. The van der Waals surface area contributed by atoms with Gasteiger partial charge in [-0.1, -0.05) is 6.42 Å². The predicted molar refractivity (Wildman–Crippen MR) is 85.9 cm³/mol. The van der Waals surface area contributed by atoms with E-state index in [-0.39, 0.29) is 36.0 Å². The number of rotatable bonds is 3. The van der Waals surface area contributed by atoms with Crippen LogP contribution in [-0.2, 0) is 9.53 Å². The van der Waals surface area contributed by atoms with E-state index in [1.807, 2.05) is 11.9 Å². The molecule has 1 N–H and O–H groups in total. The van der Waals surface area contributed by atoms with E-state index in [2.05, 4.69) is 10.3 Å². The molecule has 2 aliphatic carbocycles. The molecule has 128 valence electrons. The highest BCUT2D eigenvalue weighted by molar-refractivity contribution is 5.99.